The van der Waals surface area contributed by atoms with E-state index in [9.17, 15) is 24.3 Å². The molecule has 0 spiro atoms. The highest BCUT2D eigenvalue weighted by molar-refractivity contribution is 6.30. The lowest BCUT2D eigenvalue weighted by atomic mass is 9.93. The molecule has 1 heterocycles. The number of amides is 3. The number of hydrogen-bond donors (Lipinski definition) is 2. The number of ketones is 1. The second-order valence-corrected chi connectivity index (χ2v) is 9.71. The normalized spacial score (nSPS) is 15.1. The number of benzene rings is 3. The smallest absolute Gasteiger partial charge is 0.335 e. The molecule has 9 heteroatoms. The van der Waals surface area contributed by atoms with Gasteiger partial charge in [0.1, 0.15) is 0 Å². The highest BCUT2D eigenvalue weighted by atomic mass is 35.5. The summed E-state index contributed by atoms with van der Waals surface area (Å²) in [6, 6.07) is 20.9. The average Bonchev–Trinajstić information content (AvgIpc) is 2.93. The van der Waals surface area contributed by atoms with Gasteiger partial charge in [0.15, 0.2) is 5.78 Å². The molecule has 0 saturated heterocycles. The predicted molar refractivity (Wildman–Crippen MR) is 148 cm³/mol. The minimum absolute atomic E-state index is 0.0615. The van der Waals surface area contributed by atoms with E-state index in [1.165, 1.54) is 9.80 Å². The fourth-order valence-electron chi connectivity index (χ4n) is 4.63. The molecule has 4 rings (SSSR count). The molecule has 1 unspecified atom stereocenters. The topological polar surface area (TPSA) is 107 Å². The molecule has 2 N–H and O–H groups in total. The van der Waals surface area contributed by atoms with E-state index in [-0.39, 0.29) is 29.5 Å². The summed E-state index contributed by atoms with van der Waals surface area (Å²) in [5.41, 5.74) is 2.41. The Kier molecular flexibility index (Phi) is 8.46. The van der Waals surface area contributed by atoms with Crippen molar-refractivity contribution in [1.82, 2.24) is 15.1 Å². The van der Waals surface area contributed by atoms with Gasteiger partial charge in [-0.25, -0.2) is 9.59 Å². The summed E-state index contributed by atoms with van der Waals surface area (Å²) in [6.45, 7) is 2.08. The van der Waals surface area contributed by atoms with Gasteiger partial charge in [0.25, 0.3) is 5.91 Å². The van der Waals surface area contributed by atoms with E-state index in [4.69, 9.17) is 11.6 Å². The molecule has 8 nitrogen and oxygen atoms in total. The summed E-state index contributed by atoms with van der Waals surface area (Å²) in [5, 5.41) is 13.0. The van der Waals surface area contributed by atoms with E-state index in [1.807, 2.05) is 6.07 Å². The Morgan fingerprint density at radius 3 is 2.23 bits per heavy atom. The van der Waals surface area contributed by atoms with Crippen molar-refractivity contribution < 1.29 is 24.3 Å². The maximum absolute atomic E-state index is 13.0. The number of allylic oxidation sites excluding steroid dienone is 1. The van der Waals surface area contributed by atoms with Crippen molar-refractivity contribution in [2.45, 2.75) is 19.4 Å². The Hall–Kier alpha value is -4.43. The number of hydrogen-bond acceptors (Lipinski definition) is 4. The second kappa shape index (κ2) is 12.0. The molecule has 0 fully saturated rings. The second-order valence-electron chi connectivity index (χ2n) is 9.28. The van der Waals surface area contributed by atoms with Crippen LogP contribution in [0.4, 0.5) is 4.79 Å². The van der Waals surface area contributed by atoms with E-state index in [0.717, 1.165) is 0 Å². The number of halogens is 1. The first-order chi connectivity index (χ1) is 18.7. The maximum atomic E-state index is 13.0. The summed E-state index contributed by atoms with van der Waals surface area (Å²) in [7, 11) is 1.66. The Balaban J connectivity index is 1.43. The molecule has 0 bridgehead atoms. The van der Waals surface area contributed by atoms with Gasteiger partial charge >= 0.3 is 12.0 Å². The monoisotopic (exact) mass is 545 g/mol. The molecule has 1 aliphatic heterocycles. The van der Waals surface area contributed by atoms with Gasteiger partial charge in [-0.3, -0.25) is 9.59 Å². The number of carboxylic acid groups (broad SMARTS) is 1. The fourth-order valence-corrected chi connectivity index (χ4v) is 4.83. The van der Waals surface area contributed by atoms with Gasteiger partial charge < -0.3 is 20.2 Å². The third-order valence-corrected chi connectivity index (χ3v) is 6.84. The van der Waals surface area contributed by atoms with Crippen molar-refractivity contribution in [2.75, 3.05) is 20.1 Å². The Bertz CT molecular complexity index is 1440. The van der Waals surface area contributed by atoms with Crippen LogP contribution in [0.3, 0.4) is 0 Å². The van der Waals surface area contributed by atoms with Crippen LogP contribution in [0.2, 0.25) is 5.02 Å². The highest BCUT2D eigenvalue weighted by Crippen LogP contribution is 2.34. The van der Waals surface area contributed by atoms with Gasteiger partial charge in [-0.1, -0.05) is 66.2 Å². The number of nitrogens with zero attached hydrogens (tertiary/aromatic N) is 2. The van der Waals surface area contributed by atoms with Crippen LogP contribution in [0.15, 0.2) is 90.1 Å². The molecule has 1 atom stereocenters. The van der Waals surface area contributed by atoms with Crippen molar-refractivity contribution in [3.05, 3.63) is 117 Å². The van der Waals surface area contributed by atoms with Crippen molar-refractivity contribution in [3.63, 3.8) is 0 Å². The predicted octanol–water partition coefficient (Wildman–Crippen LogP) is 5.16. The van der Waals surface area contributed by atoms with Crippen molar-refractivity contribution in [1.29, 1.82) is 0 Å². The van der Waals surface area contributed by atoms with Gasteiger partial charge in [0.05, 0.1) is 11.6 Å². The first-order valence-electron chi connectivity index (χ1n) is 12.4. The standard InChI is InChI=1S/C30H28ClN3O5/c1-19-25(29(37)38)26(23-10-6-11-24(31)18-23)34(30(39)32-19)17-7-16-33(2)28(36)22-14-12-21(13-15-22)27(35)20-8-4-3-5-9-20/h3-6,8-15,18,26H,7,16-17H2,1-2H3,(H,32,39)(H,37,38). The molecule has 3 aromatic rings. The highest BCUT2D eigenvalue weighted by Gasteiger charge is 2.37. The van der Waals surface area contributed by atoms with Crippen LogP contribution in [0.25, 0.3) is 0 Å². The molecular formula is C30H28ClN3O5. The van der Waals surface area contributed by atoms with Gasteiger partial charge in [-0.2, -0.15) is 0 Å². The van der Waals surface area contributed by atoms with E-state index in [1.54, 1.807) is 86.8 Å². The zero-order valence-electron chi connectivity index (χ0n) is 21.6. The molecule has 39 heavy (non-hydrogen) atoms. The third kappa shape index (κ3) is 6.18. The van der Waals surface area contributed by atoms with E-state index < -0.39 is 18.0 Å². The lowest BCUT2D eigenvalue weighted by molar-refractivity contribution is -0.133. The van der Waals surface area contributed by atoms with E-state index >= 15 is 0 Å². The van der Waals surface area contributed by atoms with Crippen LogP contribution in [0.5, 0.6) is 0 Å². The van der Waals surface area contributed by atoms with Crippen molar-refractivity contribution in [3.8, 4) is 0 Å². The van der Waals surface area contributed by atoms with E-state index in [0.29, 0.717) is 40.2 Å². The molecular weight excluding hydrogens is 518 g/mol. The molecule has 3 aromatic carbocycles. The molecule has 0 saturated carbocycles. The Morgan fingerprint density at radius 2 is 1.59 bits per heavy atom. The number of aliphatic carboxylic acids is 1. The minimum Gasteiger partial charge on any atom is -0.478 e. The van der Waals surface area contributed by atoms with Gasteiger partial charge in [0, 0.05) is 47.5 Å². The average molecular weight is 546 g/mol. The van der Waals surface area contributed by atoms with Crippen LogP contribution in [-0.2, 0) is 4.79 Å². The lowest BCUT2D eigenvalue weighted by Crippen LogP contribution is -2.49. The van der Waals surface area contributed by atoms with Crippen LogP contribution in [0, 0.1) is 0 Å². The number of carbonyl (C=O) groups excluding carboxylic acids is 3. The number of urea groups is 1. The Labute approximate surface area is 231 Å². The summed E-state index contributed by atoms with van der Waals surface area (Å²) in [6.07, 6.45) is 0.406. The summed E-state index contributed by atoms with van der Waals surface area (Å²) < 4.78 is 0. The molecule has 0 aliphatic carbocycles. The third-order valence-electron chi connectivity index (χ3n) is 6.61. The van der Waals surface area contributed by atoms with E-state index in [2.05, 4.69) is 5.32 Å². The zero-order chi connectivity index (χ0) is 28.1. The van der Waals surface area contributed by atoms with Crippen LogP contribution in [0.1, 0.15) is 51.2 Å². The number of nitrogens with one attached hydrogen (secondary N) is 1. The molecule has 0 radical (unpaired) electrons. The molecule has 0 aromatic heterocycles. The maximum Gasteiger partial charge on any atom is 0.335 e. The van der Waals surface area contributed by atoms with Crippen molar-refractivity contribution in [2.24, 2.45) is 0 Å². The van der Waals surface area contributed by atoms with Crippen molar-refractivity contribution >= 4 is 35.3 Å². The minimum atomic E-state index is -1.14. The quantitative estimate of drug-likeness (QED) is 0.361. The van der Waals surface area contributed by atoms with Crippen LogP contribution in [-0.4, -0.2) is 58.7 Å². The first kappa shape index (κ1) is 27.6. The largest absolute Gasteiger partial charge is 0.478 e. The zero-order valence-corrected chi connectivity index (χ0v) is 22.3. The van der Waals surface area contributed by atoms with Gasteiger partial charge in [-0.15, -0.1) is 0 Å². The SMILES string of the molecule is CC1=C(C(=O)O)C(c2cccc(Cl)c2)N(CCCN(C)C(=O)c2ccc(C(=O)c3ccccc3)cc2)C(=O)N1. The van der Waals surface area contributed by atoms with Crippen LogP contribution >= 0.6 is 11.6 Å². The summed E-state index contributed by atoms with van der Waals surface area (Å²) in [5.74, 6) is -1.49. The van der Waals surface area contributed by atoms with Crippen LogP contribution < -0.4 is 5.32 Å². The molecule has 1 aliphatic rings. The molecule has 3 amide bonds. The van der Waals surface area contributed by atoms with Gasteiger partial charge in [-0.05, 0) is 43.2 Å². The number of rotatable bonds is 9. The van der Waals surface area contributed by atoms with Gasteiger partial charge in [0.2, 0.25) is 0 Å². The molecule has 200 valence electrons. The lowest BCUT2D eigenvalue weighted by Gasteiger charge is -2.37. The first-order valence-corrected chi connectivity index (χ1v) is 12.8. The fraction of sp³-hybridized carbons (Fsp3) is 0.200. The summed E-state index contributed by atoms with van der Waals surface area (Å²) >= 11 is 6.16. The number of carboxylic acids is 1. The number of carbonyl (C=O) groups is 4. The Morgan fingerprint density at radius 1 is 0.949 bits per heavy atom. The summed E-state index contributed by atoms with van der Waals surface area (Å²) in [4.78, 5) is 53.6.